The summed E-state index contributed by atoms with van der Waals surface area (Å²) in [5, 5.41) is 7.54. The van der Waals surface area contributed by atoms with Crippen molar-refractivity contribution in [2.24, 2.45) is 5.73 Å². The Morgan fingerprint density at radius 2 is 1.96 bits per heavy atom. The van der Waals surface area contributed by atoms with Gasteiger partial charge in [0.05, 0.1) is 18.5 Å². The zero-order valence-electron chi connectivity index (χ0n) is 14.1. The van der Waals surface area contributed by atoms with Crippen LogP contribution < -0.4 is 16.4 Å². The van der Waals surface area contributed by atoms with E-state index in [1.165, 1.54) is 11.3 Å². The first-order valence-electron chi connectivity index (χ1n) is 7.82. The Morgan fingerprint density at radius 3 is 2.58 bits per heavy atom. The van der Waals surface area contributed by atoms with Gasteiger partial charge in [0.25, 0.3) is 0 Å². The van der Waals surface area contributed by atoms with E-state index < -0.39 is 12.1 Å². The fourth-order valence-electron chi connectivity index (χ4n) is 2.67. The lowest BCUT2D eigenvalue weighted by Gasteiger charge is -2.20. The number of urea groups is 1. The molecule has 128 valence electrons. The molecule has 1 aromatic carbocycles. The van der Waals surface area contributed by atoms with Crippen LogP contribution in [0.4, 0.5) is 4.79 Å². The Kier molecular flexibility index (Phi) is 5.98. The molecule has 0 spiro atoms. The van der Waals surface area contributed by atoms with E-state index in [4.69, 9.17) is 5.73 Å². The maximum Gasteiger partial charge on any atom is 0.312 e. The number of hydrogen-bond acceptors (Lipinski definition) is 3. The summed E-state index contributed by atoms with van der Waals surface area (Å²) < 4.78 is 0. The average Bonchev–Trinajstić information content (AvgIpc) is 3.02. The lowest BCUT2D eigenvalue weighted by molar-refractivity contribution is -0.122. The number of carbonyl (C=O) groups is 2. The number of primary amides is 1. The zero-order chi connectivity index (χ0) is 17.7. The summed E-state index contributed by atoms with van der Waals surface area (Å²) in [5.41, 5.74) is 8.62. The van der Waals surface area contributed by atoms with Gasteiger partial charge < -0.3 is 16.4 Å². The molecule has 0 fully saturated rings. The minimum absolute atomic E-state index is 0.102. The van der Waals surface area contributed by atoms with Gasteiger partial charge in [-0.1, -0.05) is 29.8 Å². The van der Waals surface area contributed by atoms with Gasteiger partial charge in [-0.3, -0.25) is 4.79 Å². The van der Waals surface area contributed by atoms with Crippen LogP contribution in [0, 0.1) is 13.8 Å². The number of benzene rings is 1. The minimum Gasteiger partial charge on any atom is -0.352 e. The maximum atomic E-state index is 12.4. The van der Waals surface area contributed by atoms with Gasteiger partial charge in [0.1, 0.15) is 0 Å². The quantitative estimate of drug-likeness (QED) is 0.750. The summed E-state index contributed by atoms with van der Waals surface area (Å²) in [6, 6.07) is 8.80. The van der Waals surface area contributed by atoms with Gasteiger partial charge in [-0.05, 0) is 43.3 Å². The van der Waals surface area contributed by atoms with E-state index in [2.05, 4.69) is 28.8 Å². The molecule has 0 saturated carbocycles. The molecule has 4 N–H and O–H groups in total. The fraction of sp³-hybridized carbons (Fsp3) is 0.333. The molecule has 5 nitrogen and oxygen atoms in total. The van der Waals surface area contributed by atoms with Crippen molar-refractivity contribution in [3.05, 3.63) is 57.3 Å². The van der Waals surface area contributed by atoms with Crippen molar-refractivity contribution >= 4 is 23.3 Å². The Hall–Kier alpha value is -2.34. The Bertz CT molecular complexity index is 713. The fourth-order valence-corrected chi connectivity index (χ4v) is 3.45. The van der Waals surface area contributed by atoms with Gasteiger partial charge in [0.15, 0.2) is 0 Å². The van der Waals surface area contributed by atoms with Crippen LogP contribution in [-0.2, 0) is 4.79 Å². The van der Waals surface area contributed by atoms with Crippen LogP contribution in [0.15, 0.2) is 35.7 Å². The second kappa shape index (κ2) is 7.97. The molecule has 0 bridgehead atoms. The highest BCUT2D eigenvalue weighted by Crippen LogP contribution is 2.23. The lowest BCUT2D eigenvalue weighted by atomic mass is 9.99. The number of amides is 3. The molecule has 0 aliphatic heterocycles. The van der Waals surface area contributed by atoms with E-state index in [0.29, 0.717) is 0 Å². The molecule has 2 rings (SSSR count). The van der Waals surface area contributed by atoms with Crippen molar-refractivity contribution in [2.45, 2.75) is 39.3 Å². The van der Waals surface area contributed by atoms with Gasteiger partial charge in [-0.25, -0.2) is 4.79 Å². The molecule has 0 radical (unpaired) electrons. The summed E-state index contributed by atoms with van der Waals surface area (Å²) in [4.78, 5) is 24.5. The first-order chi connectivity index (χ1) is 11.4. The average molecular weight is 345 g/mol. The van der Waals surface area contributed by atoms with Crippen LogP contribution in [0.1, 0.15) is 47.0 Å². The summed E-state index contributed by atoms with van der Waals surface area (Å²) in [6.07, 6.45) is 0.151. The topological polar surface area (TPSA) is 84.2 Å². The predicted molar refractivity (Wildman–Crippen MR) is 96.9 cm³/mol. The normalized spacial score (nSPS) is 13.1. The Labute approximate surface area is 146 Å². The summed E-state index contributed by atoms with van der Waals surface area (Å²) in [5.74, 6) is -0.129. The van der Waals surface area contributed by atoms with Crippen LogP contribution in [0.3, 0.4) is 0 Å². The van der Waals surface area contributed by atoms with Crippen molar-refractivity contribution in [2.75, 3.05) is 0 Å². The molecular weight excluding hydrogens is 322 g/mol. The van der Waals surface area contributed by atoms with Gasteiger partial charge in [-0.2, -0.15) is 0 Å². The van der Waals surface area contributed by atoms with Crippen molar-refractivity contribution in [3.63, 3.8) is 0 Å². The van der Waals surface area contributed by atoms with Gasteiger partial charge >= 0.3 is 6.03 Å². The van der Waals surface area contributed by atoms with Crippen molar-refractivity contribution in [1.82, 2.24) is 10.6 Å². The number of hydrogen-bond donors (Lipinski definition) is 3. The second-order valence-corrected chi connectivity index (χ2v) is 6.91. The van der Waals surface area contributed by atoms with Crippen LogP contribution in [0.25, 0.3) is 0 Å². The van der Waals surface area contributed by atoms with E-state index in [1.54, 1.807) is 0 Å². The van der Waals surface area contributed by atoms with E-state index in [1.807, 2.05) is 38.3 Å². The molecule has 3 amide bonds. The van der Waals surface area contributed by atoms with Crippen molar-refractivity contribution in [1.29, 1.82) is 0 Å². The van der Waals surface area contributed by atoms with E-state index in [-0.39, 0.29) is 18.4 Å². The highest BCUT2D eigenvalue weighted by Gasteiger charge is 2.20. The van der Waals surface area contributed by atoms with Gasteiger partial charge in [-0.15, -0.1) is 11.3 Å². The standard InChI is InChI=1S/C18H23N3O2S/c1-11-6-7-12(2)14(9-11)13(3)20-17(22)10-15(21-18(19)23)16-5-4-8-24-16/h4-9,13,15H,10H2,1-3H3,(H,20,22)(H3,19,21,23). The smallest absolute Gasteiger partial charge is 0.312 e. The van der Waals surface area contributed by atoms with Gasteiger partial charge in [0, 0.05) is 4.88 Å². The number of carbonyl (C=O) groups excluding carboxylic acids is 2. The van der Waals surface area contributed by atoms with Crippen molar-refractivity contribution < 1.29 is 9.59 Å². The number of rotatable bonds is 6. The molecule has 2 atom stereocenters. The summed E-state index contributed by atoms with van der Waals surface area (Å²) >= 11 is 1.48. The zero-order valence-corrected chi connectivity index (χ0v) is 14.9. The molecule has 1 aromatic heterocycles. The van der Waals surface area contributed by atoms with Crippen LogP contribution in [0.5, 0.6) is 0 Å². The Morgan fingerprint density at radius 1 is 1.21 bits per heavy atom. The number of nitrogens with one attached hydrogen (secondary N) is 2. The third kappa shape index (κ3) is 4.83. The largest absolute Gasteiger partial charge is 0.352 e. The molecule has 0 saturated heterocycles. The number of thiophene rings is 1. The molecule has 6 heteroatoms. The molecule has 0 aliphatic carbocycles. The molecule has 0 aliphatic rings. The number of aryl methyl sites for hydroxylation is 2. The monoisotopic (exact) mass is 345 g/mol. The third-order valence-corrected chi connectivity index (χ3v) is 4.86. The van der Waals surface area contributed by atoms with E-state index >= 15 is 0 Å². The minimum atomic E-state index is -0.635. The van der Waals surface area contributed by atoms with Crippen LogP contribution in [0.2, 0.25) is 0 Å². The molecular formula is C18H23N3O2S. The molecule has 2 aromatic rings. The third-order valence-electron chi connectivity index (χ3n) is 3.87. The highest BCUT2D eigenvalue weighted by atomic mass is 32.1. The summed E-state index contributed by atoms with van der Waals surface area (Å²) in [6.45, 7) is 6.02. The van der Waals surface area contributed by atoms with Gasteiger partial charge in [0.2, 0.25) is 5.91 Å². The van der Waals surface area contributed by atoms with Crippen LogP contribution in [-0.4, -0.2) is 11.9 Å². The first-order valence-corrected chi connectivity index (χ1v) is 8.70. The van der Waals surface area contributed by atoms with Crippen molar-refractivity contribution in [3.8, 4) is 0 Å². The number of nitrogens with two attached hydrogens (primary N) is 1. The van der Waals surface area contributed by atoms with Crippen LogP contribution >= 0.6 is 11.3 Å². The molecule has 2 unspecified atom stereocenters. The molecule has 24 heavy (non-hydrogen) atoms. The molecule has 1 heterocycles. The van der Waals surface area contributed by atoms with E-state index in [9.17, 15) is 9.59 Å². The SMILES string of the molecule is Cc1ccc(C)c(C(C)NC(=O)CC(NC(N)=O)c2cccs2)c1. The predicted octanol–water partition coefficient (Wildman–Crippen LogP) is 3.34. The lowest BCUT2D eigenvalue weighted by Crippen LogP contribution is -2.37. The maximum absolute atomic E-state index is 12.4. The second-order valence-electron chi connectivity index (χ2n) is 5.93. The summed E-state index contributed by atoms with van der Waals surface area (Å²) in [7, 11) is 0. The first kappa shape index (κ1) is 18.0. The Balaban J connectivity index is 2.05. The van der Waals surface area contributed by atoms with E-state index in [0.717, 1.165) is 21.6 Å². The highest BCUT2D eigenvalue weighted by molar-refractivity contribution is 7.10.